The van der Waals surface area contributed by atoms with Crippen LogP contribution < -0.4 is 4.72 Å². The maximum atomic E-state index is 11.9. The molecule has 0 aliphatic rings. The lowest BCUT2D eigenvalue weighted by molar-refractivity contribution is 0.0910. The van der Waals surface area contributed by atoms with Crippen LogP contribution in [0.3, 0.4) is 0 Å². The van der Waals surface area contributed by atoms with Gasteiger partial charge in [-0.15, -0.1) is 0 Å². The van der Waals surface area contributed by atoms with Gasteiger partial charge in [0, 0.05) is 6.04 Å². The van der Waals surface area contributed by atoms with Crippen LogP contribution in [0.15, 0.2) is 30.3 Å². The molecule has 0 saturated carbocycles. The SMILES string of the molecule is CC(C)OCCS(=O)(=O)N[C@@H](CO)Cc1ccccc1. The first-order valence-electron chi connectivity index (χ1n) is 6.69. The lowest BCUT2D eigenvalue weighted by Crippen LogP contribution is -2.41. The molecule has 20 heavy (non-hydrogen) atoms. The largest absolute Gasteiger partial charge is 0.395 e. The Labute approximate surface area is 121 Å². The maximum Gasteiger partial charge on any atom is 0.214 e. The van der Waals surface area contributed by atoms with E-state index in [4.69, 9.17) is 4.74 Å². The van der Waals surface area contributed by atoms with Gasteiger partial charge in [0.2, 0.25) is 10.0 Å². The van der Waals surface area contributed by atoms with Crippen LogP contribution in [0, 0.1) is 0 Å². The minimum Gasteiger partial charge on any atom is -0.395 e. The lowest BCUT2D eigenvalue weighted by atomic mass is 10.1. The molecular weight excluding hydrogens is 278 g/mol. The van der Waals surface area contributed by atoms with E-state index >= 15 is 0 Å². The molecular formula is C14H23NO4S. The molecule has 0 aliphatic carbocycles. The van der Waals surface area contributed by atoms with Gasteiger partial charge in [0.15, 0.2) is 0 Å². The van der Waals surface area contributed by atoms with Crippen LogP contribution in [0.4, 0.5) is 0 Å². The predicted octanol–water partition coefficient (Wildman–Crippen LogP) is 0.934. The Hall–Kier alpha value is -0.950. The van der Waals surface area contributed by atoms with E-state index in [0.717, 1.165) is 5.56 Å². The van der Waals surface area contributed by atoms with Crippen molar-refractivity contribution >= 4 is 10.0 Å². The van der Waals surface area contributed by atoms with Crippen LogP contribution in [0.1, 0.15) is 19.4 Å². The summed E-state index contributed by atoms with van der Waals surface area (Å²) in [5.74, 6) is -0.101. The third-order valence-electron chi connectivity index (χ3n) is 2.69. The van der Waals surface area contributed by atoms with Crippen LogP contribution >= 0.6 is 0 Å². The van der Waals surface area contributed by atoms with Gasteiger partial charge < -0.3 is 9.84 Å². The second kappa shape index (κ2) is 8.36. The van der Waals surface area contributed by atoms with Crippen molar-refractivity contribution in [3.63, 3.8) is 0 Å². The Morgan fingerprint density at radius 2 is 1.90 bits per heavy atom. The highest BCUT2D eigenvalue weighted by Crippen LogP contribution is 2.04. The summed E-state index contributed by atoms with van der Waals surface area (Å²) in [5.41, 5.74) is 0.979. The van der Waals surface area contributed by atoms with Crippen molar-refractivity contribution in [1.29, 1.82) is 0 Å². The van der Waals surface area contributed by atoms with E-state index in [1.807, 2.05) is 44.2 Å². The third kappa shape index (κ3) is 7.00. The van der Waals surface area contributed by atoms with E-state index in [0.29, 0.717) is 6.42 Å². The second-order valence-electron chi connectivity index (χ2n) is 4.93. The van der Waals surface area contributed by atoms with Crippen LogP contribution in [0.5, 0.6) is 0 Å². The van der Waals surface area contributed by atoms with Gasteiger partial charge in [0.1, 0.15) is 0 Å². The van der Waals surface area contributed by atoms with E-state index in [1.54, 1.807) is 0 Å². The van der Waals surface area contributed by atoms with Crippen LogP contribution in [0.25, 0.3) is 0 Å². The zero-order valence-corrected chi connectivity index (χ0v) is 12.8. The highest BCUT2D eigenvalue weighted by atomic mass is 32.2. The van der Waals surface area contributed by atoms with E-state index in [1.165, 1.54) is 0 Å². The number of aliphatic hydroxyl groups is 1. The van der Waals surface area contributed by atoms with Crippen LogP contribution in [-0.2, 0) is 21.2 Å². The van der Waals surface area contributed by atoms with Crippen molar-refractivity contribution in [1.82, 2.24) is 4.72 Å². The lowest BCUT2D eigenvalue weighted by Gasteiger charge is -2.17. The second-order valence-corrected chi connectivity index (χ2v) is 6.80. The summed E-state index contributed by atoms with van der Waals surface area (Å²) in [6.45, 7) is 3.62. The van der Waals surface area contributed by atoms with Crippen molar-refractivity contribution in [2.45, 2.75) is 32.4 Å². The molecule has 1 rings (SSSR count). The predicted molar refractivity (Wildman–Crippen MR) is 79.0 cm³/mol. The van der Waals surface area contributed by atoms with Gasteiger partial charge in [-0.2, -0.15) is 0 Å². The number of benzene rings is 1. The molecule has 5 nitrogen and oxygen atoms in total. The third-order valence-corrected chi connectivity index (χ3v) is 4.09. The molecule has 1 aromatic rings. The highest BCUT2D eigenvalue weighted by molar-refractivity contribution is 7.89. The molecule has 0 saturated heterocycles. The summed E-state index contributed by atoms with van der Waals surface area (Å²) in [6.07, 6.45) is 0.463. The number of nitrogens with one attached hydrogen (secondary N) is 1. The van der Waals surface area contributed by atoms with Crippen molar-refractivity contribution in [3.8, 4) is 0 Å². The number of ether oxygens (including phenoxy) is 1. The molecule has 0 aromatic heterocycles. The van der Waals surface area contributed by atoms with Crippen molar-refractivity contribution in [2.24, 2.45) is 0 Å². The highest BCUT2D eigenvalue weighted by Gasteiger charge is 2.17. The maximum absolute atomic E-state index is 11.9. The topological polar surface area (TPSA) is 75.6 Å². The molecule has 0 spiro atoms. The summed E-state index contributed by atoms with van der Waals surface area (Å²) in [5, 5.41) is 9.31. The fourth-order valence-corrected chi connectivity index (χ4v) is 2.85. The summed E-state index contributed by atoms with van der Waals surface area (Å²) >= 11 is 0. The Bertz CT molecular complexity index is 473. The molecule has 0 fully saturated rings. The fraction of sp³-hybridized carbons (Fsp3) is 0.571. The zero-order chi connectivity index (χ0) is 15.0. The number of rotatable bonds is 9. The summed E-state index contributed by atoms with van der Waals surface area (Å²) in [7, 11) is -3.44. The first-order chi connectivity index (χ1) is 9.43. The molecule has 114 valence electrons. The van der Waals surface area contributed by atoms with E-state index in [-0.39, 0.29) is 25.1 Å². The Morgan fingerprint density at radius 1 is 1.25 bits per heavy atom. The standard InChI is InChI=1S/C14H23NO4S/c1-12(2)19-8-9-20(17,18)15-14(11-16)10-13-6-4-3-5-7-13/h3-7,12,14-16H,8-11H2,1-2H3/t14-/m1/s1. The van der Waals surface area contributed by atoms with Gasteiger partial charge >= 0.3 is 0 Å². The minimum atomic E-state index is -3.44. The number of sulfonamides is 1. The van der Waals surface area contributed by atoms with Crippen LogP contribution in [0.2, 0.25) is 0 Å². The van der Waals surface area contributed by atoms with E-state index < -0.39 is 16.1 Å². The number of hydrogen-bond donors (Lipinski definition) is 2. The Kier molecular flexibility index (Phi) is 7.15. The van der Waals surface area contributed by atoms with Gasteiger partial charge in [0.25, 0.3) is 0 Å². The Morgan fingerprint density at radius 3 is 2.45 bits per heavy atom. The smallest absolute Gasteiger partial charge is 0.214 e. The van der Waals surface area contributed by atoms with Gasteiger partial charge in [0.05, 0.1) is 25.1 Å². The monoisotopic (exact) mass is 301 g/mol. The van der Waals surface area contributed by atoms with Crippen molar-refractivity contribution < 1.29 is 18.3 Å². The van der Waals surface area contributed by atoms with Gasteiger partial charge in [-0.05, 0) is 25.8 Å². The summed E-state index contributed by atoms with van der Waals surface area (Å²) < 4.78 is 31.5. The van der Waals surface area contributed by atoms with E-state index in [2.05, 4.69) is 4.72 Å². The molecule has 6 heteroatoms. The molecule has 0 bridgehead atoms. The van der Waals surface area contributed by atoms with Gasteiger partial charge in [-0.25, -0.2) is 13.1 Å². The van der Waals surface area contributed by atoms with Crippen LogP contribution in [-0.4, -0.2) is 44.6 Å². The molecule has 0 heterocycles. The molecule has 0 aliphatic heterocycles. The fourth-order valence-electron chi connectivity index (χ4n) is 1.75. The first-order valence-corrected chi connectivity index (χ1v) is 8.34. The van der Waals surface area contributed by atoms with Gasteiger partial charge in [-0.1, -0.05) is 30.3 Å². The Balaban J connectivity index is 2.50. The number of hydrogen-bond acceptors (Lipinski definition) is 4. The molecule has 0 radical (unpaired) electrons. The van der Waals surface area contributed by atoms with Gasteiger partial charge in [-0.3, -0.25) is 0 Å². The average Bonchev–Trinajstić information content (AvgIpc) is 2.38. The summed E-state index contributed by atoms with van der Waals surface area (Å²) in [6, 6.07) is 8.95. The average molecular weight is 301 g/mol. The number of aliphatic hydroxyl groups excluding tert-OH is 1. The normalized spacial score (nSPS) is 13.6. The zero-order valence-electron chi connectivity index (χ0n) is 12.0. The molecule has 1 atom stereocenters. The quantitative estimate of drug-likeness (QED) is 0.711. The minimum absolute atomic E-state index is 0.00292. The molecule has 2 N–H and O–H groups in total. The van der Waals surface area contributed by atoms with Crippen molar-refractivity contribution in [2.75, 3.05) is 19.0 Å². The summed E-state index contributed by atoms with van der Waals surface area (Å²) in [4.78, 5) is 0. The molecule has 1 aromatic carbocycles. The van der Waals surface area contributed by atoms with E-state index in [9.17, 15) is 13.5 Å². The van der Waals surface area contributed by atoms with Crippen molar-refractivity contribution in [3.05, 3.63) is 35.9 Å². The molecule has 0 amide bonds. The first kappa shape index (κ1) is 17.1. The molecule has 0 unspecified atom stereocenters.